The van der Waals surface area contributed by atoms with Crippen molar-refractivity contribution in [3.05, 3.63) is 89.9 Å². The predicted octanol–water partition coefficient (Wildman–Crippen LogP) is 7.32. The molecule has 0 atom stereocenters. The highest BCUT2D eigenvalue weighted by molar-refractivity contribution is 5.84. The number of hydrogen-bond acceptors (Lipinski definition) is 6. The molecule has 0 bridgehead atoms. The normalized spacial score (nSPS) is 15.4. The third-order valence-corrected chi connectivity index (χ3v) is 7.89. The minimum Gasteiger partial charge on any atom is -0.480 e. The Bertz CT molecular complexity index is 1790. The highest BCUT2D eigenvalue weighted by Crippen LogP contribution is 2.34. The number of para-hydroxylation sites is 2. The number of methoxy groups -OCH3 is 1. The van der Waals surface area contributed by atoms with Crippen molar-refractivity contribution in [2.75, 3.05) is 32.1 Å². The molecule has 6 rings (SSSR count). The molecule has 3 aromatic rings. The molecule has 3 heterocycles. The quantitative estimate of drug-likeness (QED) is 0.198. The number of pyridine rings is 1. The lowest BCUT2D eigenvalue weighted by Crippen LogP contribution is -2.38. The number of anilines is 2. The van der Waals surface area contributed by atoms with E-state index >= 15 is 0 Å². The maximum absolute atomic E-state index is 13.4. The van der Waals surface area contributed by atoms with E-state index in [2.05, 4.69) is 29.0 Å². The van der Waals surface area contributed by atoms with Crippen molar-refractivity contribution in [3.8, 4) is 23.0 Å². The molecule has 0 saturated carbocycles. The third kappa shape index (κ3) is 6.26. The number of fused-ring (bicyclic) bond motifs is 2. The molecular formula is C34H35F3N6O. The minimum absolute atomic E-state index is 0.125. The summed E-state index contributed by atoms with van der Waals surface area (Å²) in [5.41, 5.74) is 4.24. The van der Waals surface area contributed by atoms with Gasteiger partial charge < -0.3 is 19.5 Å². The number of nitrogens with zero attached hydrogens (tertiary/aromatic N) is 5. The van der Waals surface area contributed by atoms with Crippen molar-refractivity contribution in [2.24, 2.45) is 10.9 Å². The van der Waals surface area contributed by atoms with Crippen molar-refractivity contribution in [1.82, 2.24) is 19.4 Å². The molecule has 0 spiro atoms. The van der Waals surface area contributed by atoms with Gasteiger partial charge in [-0.05, 0) is 79.4 Å². The Kier molecular flexibility index (Phi) is 8.27. The Morgan fingerprint density at radius 1 is 0.977 bits per heavy atom. The molecule has 1 saturated heterocycles. The van der Waals surface area contributed by atoms with Gasteiger partial charge in [0.1, 0.15) is 5.69 Å². The molecule has 0 amide bonds. The van der Waals surface area contributed by atoms with Gasteiger partial charge in [0.15, 0.2) is 0 Å². The first kappa shape index (κ1) is 29.6. The zero-order valence-corrected chi connectivity index (χ0v) is 25.0. The first-order valence-electron chi connectivity index (χ1n) is 14.8. The lowest BCUT2D eigenvalue weighted by molar-refractivity contribution is -0.137. The number of halogens is 3. The largest absolute Gasteiger partial charge is 0.480 e. The molecule has 10 heteroatoms. The standard InChI is InChI=1S/C34H35F3N6O/c1-22(2)21-42-17-14-24(15-18-42)39-29-20-32-30(19-28(29)41-27-8-6-16-38-33(27)44-3)40-26-7-4-5-9-31(26)43(32)25-12-10-23(11-13-25)34(35,36)37/h4-13,16,19-20,22,24,41H,14-15,17-18,21H2,1-3H3. The Labute approximate surface area is 254 Å². The summed E-state index contributed by atoms with van der Waals surface area (Å²) in [6, 6.07) is 20.6. The highest BCUT2D eigenvalue weighted by Gasteiger charge is 2.30. The van der Waals surface area contributed by atoms with E-state index in [1.165, 1.54) is 12.1 Å². The molecule has 0 unspecified atom stereocenters. The van der Waals surface area contributed by atoms with Gasteiger partial charge in [-0.2, -0.15) is 13.2 Å². The number of nitrogens with one attached hydrogen (secondary N) is 1. The summed E-state index contributed by atoms with van der Waals surface area (Å²) in [5, 5.41) is 4.21. The van der Waals surface area contributed by atoms with Gasteiger partial charge in [0.05, 0.1) is 52.2 Å². The summed E-state index contributed by atoms with van der Waals surface area (Å²) in [4.78, 5) is 17.0. The molecule has 7 nitrogen and oxygen atoms in total. The number of aromatic nitrogens is 3. The van der Waals surface area contributed by atoms with Crippen LogP contribution in [0, 0.1) is 5.92 Å². The zero-order valence-electron chi connectivity index (χ0n) is 25.0. The van der Waals surface area contributed by atoms with E-state index in [9.17, 15) is 13.2 Å². The monoisotopic (exact) mass is 600 g/mol. The van der Waals surface area contributed by atoms with E-state index < -0.39 is 11.7 Å². The van der Waals surface area contributed by atoms with Crippen LogP contribution in [0.25, 0.3) is 28.1 Å². The summed E-state index contributed by atoms with van der Waals surface area (Å²) in [6.45, 7) is 7.51. The second kappa shape index (κ2) is 12.3. The van der Waals surface area contributed by atoms with Crippen molar-refractivity contribution in [1.29, 1.82) is 0 Å². The van der Waals surface area contributed by atoms with E-state index in [-0.39, 0.29) is 6.04 Å². The predicted molar refractivity (Wildman–Crippen MR) is 167 cm³/mol. The summed E-state index contributed by atoms with van der Waals surface area (Å²) < 4.78 is 47.7. The Morgan fingerprint density at radius 3 is 2.43 bits per heavy atom. The van der Waals surface area contributed by atoms with Crippen LogP contribution in [0.4, 0.5) is 24.5 Å². The van der Waals surface area contributed by atoms with Crippen molar-refractivity contribution in [2.45, 2.75) is 38.9 Å². The molecular weight excluding hydrogens is 565 g/mol. The van der Waals surface area contributed by atoms with Gasteiger partial charge in [-0.3, -0.25) is 4.99 Å². The second-order valence-electron chi connectivity index (χ2n) is 11.6. The van der Waals surface area contributed by atoms with Gasteiger partial charge in [0.25, 0.3) is 0 Å². The molecule has 2 aliphatic heterocycles. The van der Waals surface area contributed by atoms with Gasteiger partial charge in [-0.1, -0.05) is 26.0 Å². The molecule has 0 radical (unpaired) electrons. The molecule has 2 aromatic carbocycles. The molecule has 1 aromatic heterocycles. The SMILES string of the molecule is COc1ncccc1Nc1cc2nc3ccccc3n(-c3ccc(C(F)(F)F)cc3)c-2cc1=NC1CCN(CC(C)C)CC1. The van der Waals surface area contributed by atoms with Gasteiger partial charge in [-0.25, -0.2) is 9.97 Å². The van der Waals surface area contributed by atoms with Crippen LogP contribution < -0.4 is 15.4 Å². The van der Waals surface area contributed by atoms with Crippen LogP contribution in [0.15, 0.2) is 84.0 Å². The maximum atomic E-state index is 13.4. The fourth-order valence-electron chi connectivity index (χ4n) is 5.86. The van der Waals surface area contributed by atoms with Crippen LogP contribution in [-0.2, 0) is 6.18 Å². The first-order valence-corrected chi connectivity index (χ1v) is 14.8. The zero-order chi connectivity index (χ0) is 30.8. The van der Waals surface area contributed by atoms with E-state index in [4.69, 9.17) is 14.7 Å². The van der Waals surface area contributed by atoms with E-state index in [0.717, 1.165) is 66.9 Å². The number of piperidine rings is 1. The smallest absolute Gasteiger partial charge is 0.416 e. The van der Waals surface area contributed by atoms with Crippen LogP contribution in [0.3, 0.4) is 0 Å². The lowest BCUT2D eigenvalue weighted by Gasteiger charge is -2.31. The molecule has 1 aliphatic carbocycles. The van der Waals surface area contributed by atoms with Crippen LogP contribution in [0.5, 0.6) is 5.88 Å². The van der Waals surface area contributed by atoms with E-state index in [0.29, 0.717) is 34.4 Å². The van der Waals surface area contributed by atoms with Crippen LogP contribution in [-0.4, -0.2) is 52.2 Å². The summed E-state index contributed by atoms with van der Waals surface area (Å²) in [5.74, 6) is 1.06. The summed E-state index contributed by atoms with van der Waals surface area (Å²) >= 11 is 0. The summed E-state index contributed by atoms with van der Waals surface area (Å²) in [6.07, 6.45) is -0.873. The van der Waals surface area contributed by atoms with Crippen LogP contribution in [0.1, 0.15) is 32.3 Å². The number of hydrogen-bond donors (Lipinski definition) is 1. The third-order valence-electron chi connectivity index (χ3n) is 7.89. The number of alkyl halides is 3. The van der Waals surface area contributed by atoms with Crippen LogP contribution in [0.2, 0.25) is 0 Å². The average Bonchev–Trinajstić information content (AvgIpc) is 3.01. The van der Waals surface area contributed by atoms with Crippen molar-refractivity contribution in [3.63, 3.8) is 0 Å². The maximum Gasteiger partial charge on any atom is 0.416 e. The first-order chi connectivity index (χ1) is 21.2. The van der Waals surface area contributed by atoms with E-state index in [1.54, 1.807) is 13.3 Å². The minimum atomic E-state index is -4.42. The number of ether oxygens (including phenoxy) is 1. The van der Waals surface area contributed by atoms with Gasteiger partial charge >= 0.3 is 6.18 Å². The van der Waals surface area contributed by atoms with Gasteiger partial charge in [0.2, 0.25) is 5.88 Å². The van der Waals surface area contributed by atoms with Crippen molar-refractivity contribution < 1.29 is 17.9 Å². The second-order valence-corrected chi connectivity index (χ2v) is 11.6. The topological polar surface area (TPSA) is 67.6 Å². The van der Waals surface area contributed by atoms with E-state index in [1.807, 2.05) is 53.1 Å². The molecule has 228 valence electrons. The number of likely N-dealkylation sites (tertiary alicyclic amines) is 1. The Morgan fingerprint density at radius 2 is 1.73 bits per heavy atom. The Hall–Kier alpha value is -4.44. The molecule has 1 fully saturated rings. The van der Waals surface area contributed by atoms with Gasteiger partial charge in [-0.15, -0.1) is 0 Å². The molecule has 3 aliphatic rings. The van der Waals surface area contributed by atoms with Crippen LogP contribution >= 0.6 is 0 Å². The summed E-state index contributed by atoms with van der Waals surface area (Å²) in [7, 11) is 1.57. The van der Waals surface area contributed by atoms with Gasteiger partial charge in [0, 0.05) is 31.5 Å². The molecule has 44 heavy (non-hydrogen) atoms. The number of rotatable bonds is 7. The lowest BCUT2D eigenvalue weighted by atomic mass is 10.0. The number of benzene rings is 3. The average molecular weight is 601 g/mol. The molecule has 1 N–H and O–H groups in total. The fraction of sp³-hybridized carbons (Fsp3) is 0.324. The Balaban J connectivity index is 1.53. The van der Waals surface area contributed by atoms with Crippen molar-refractivity contribution >= 4 is 22.4 Å². The fourth-order valence-corrected chi connectivity index (χ4v) is 5.86. The highest BCUT2D eigenvalue weighted by atomic mass is 19.4.